The zero-order chi connectivity index (χ0) is 13.8. The van der Waals surface area contributed by atoms with Crippen LogP contribution in [-0.4, -0.2) is 5.91 Å². The number of nitrogens with one attached hydrogen (secondary N) is 1. The van der Waals surface area contributed by atoms with Gasteiger partial charge in [0.2, 0.25) is 0 Å². The first-order valence-electron chi connectivity index (χ1n) is 5.95. The molecule has 0 saturated heterocycles. The molecule has 1 N–H and O–H groups in total. The second-order valence-corrected chi connectivity index (χ2v) is 6.00. The Morgan fingerprint density at radius 1 is 1.11 bits per heavy atom. The molecule has 2 aromatic carbocycles. The van der Waals surface area contributed by atoms with Crippen LogP contribution in [-0.2, 0) is 6.42 Å². The summed E-state index contributed by atoms with van der Waals surface area (Å²) in [4.78, 5) is 12.2. The molecule has 0 atom stereocenters. The van der Waals surface area contributed by atoms with E-state index in [4.69, 9.17) is 0 Å². The maximum atomic E-state index is 12.2. The number of anilines is 1. The van der Waals surface area contributed by atoms with E-state index >= 15 is 0 Å². The number of aryl methyl sites for hydroxylation is 1. The van der Waals surface area contributed by atoms with Crippen LogP contribution in [0.2, 0.25) is 0 Å². The van der Waals surface area contributed by atoms with Gasteiger partial charge in [-0.05, 0) is 42.3 Å². The van der Waals surface area contributed by atoms with Crippen LogP contribution in [0, 0.1) is 0 Å². The van der Waals surface area contributed by atoms with Gasteiger partial charge in [0, 0.05) is 20.2 Å². The first-order valence-corrected chi connectivity index (χ1v) is 7.53. The number of hydrogen-bond donors (Lipinski definition) is 1. The lowest BCUT2D eigenvalue weighted by molar-refractivity contribution is 0.102. The molecule has 2 aromatic rings. The van der Waals surface area contributed by atoms with Crippen molar-refractivity contribution in [3.8, 4) is 0 Å². The summed E-state index contributed by atoms with van der Waals surface area (Å²) < 4.78 is 1.74. The largest absolute Gasteiger partial charge is 0.322 e. The third-order valence-corrected chi connectivity index (χ3v) is 3.63. The van der Waals surface area contributed by atoms with Crippen molar-refractivity contribution < 1.29 is 4.79 Å². The monoisotopic (exact) mass is 381 g/mol. The Kier molecular flexibility index (Phi) is 4.77. The normalized spacial score (nSPS) is 10.3. The standard InChI is InChI=1S/C15H13Br2NO/c1-2-10-4-3-5-14(6-10)18-15(19)11-7-12(16)9-13(17)8-11/h3-9H,2H2,1H3,(H,18,19). The van der Waals surface area contributed by atoms with Gasteiger partial charge in [-0.1, -0.05) is 50.9 Å². The Hall–Kier alpha value is -1.13. The van der Waals surface area contributed by atoms with Gasteiger partial charge in [-0.25, -0.2) is 0 Å². The minimum absolute atomic E-state index is 0.116. The second kappa shape index (κ2) is 6.35. The van der Waals surface area contributed by atoms with Crippen LogP contribution in [0.25, 0.3) is 0 Å². The van der Waals surface area contributed by atoms with E-state index in [1.165, 1.54) is 5.56 Å². The van der Waals surface area contributed by atoms with E-state index < -0.39 is 0 Å². The minimum atomic E-state index is -0.116. The zero-order valence-corrected chi connectivity index (χ0v) is 13.6. The first-order chi connectivity index (χ1) is 9.08. The van der Waals surface area contributed by atoms with Crippen molar-refractivity contribution in [2.24, 2.45) is 0 Å². The quantitative estimate of drug-likeness (QED) is 0.792. The molecule has 0 unspecified atom stereocenters. The molecule has 0 radical (unpaired) electrons. The molecule has 0 aliphatic heterocycles. The highest BCUT2D eigenvalue weighted by Gasteiger charge is 2.08. The SMILES string of the molecule is CCc1cccc(NC(=O)c2cc(Br)cc(Br)c2)c1. The van der Waals surface area contributed by atoms with Crippen molar-refractivity contribution >= 4 is 43.5 Å². The predicted octanol–water partition coefficient (Wildman–Crippen LogP) is 5.03. The third-order valence-electron chi connectivity index (χ3n) is 2.72. The molecule has 0 spiro atoms. The van der Waals surface area contributed by atoms with Crippen LogP contribution in [0.5, 0.6) is 0 Å². The molecule has 0 saturated carbocycles. The molecule has 0 aromatic heterocycles. The van der Waals surface area contributed by atoms with Crippen LogP contribution >= 0.6 is 31.9 Å². The summed E-state index contributed by atoms with van der Waals surface area (Å²) in [5.41, 5.74) is 2.64. The lowest BCUT2D eigenvalue weighted by Crippen LogP contribution is -2.12. The summed E-state index contributed by atoms with van der Waals surface area (Å²) in [6, 6.07) is 13.4. The van der Waals surface area contributed by atoms with Gasteiger partial charge in [0.1, 0.15) is 0 Å². The van der Waals surface area contributed by atoms with Gasteiger partial charge in [0.15, 0.2) is 0 Å². The molecule has 2 nitrogen and oxygen atoms in total. The van der Waals surface area contributed by atoms with Gasteiger partial charge in [-0.15, -0.1) is 0 Å². The molecule has 0 bridgehead atoms. The topological polar surface area (TPSA) is 29.1 Å². The molecule has 0 aliphatic rings. The summed E-state index contributed by atoms with van der Waals surface area (Å²) in [5.74, 6) is -0.116. The smallest absolute Gasteiger partial charge is 0.255 e. The number of rotatable bonds is 3. The molecule has 98 valence electrons. The summed E-state index contributed by atoms with van der Waals surface area (Å²) >= 11 is 6.76. The van der Waals surface area contributed by atoms with Crippen molar-refractivity contribution in [3.63, 3.8) is 0 Å². The van der Waals surface area contributed by atoms with E-state index in [2.05, 4.69) is 44.1 Å². The second-order valence-electron chi connectivity index (χ2n) is 4.17. The van der Waals surface area contributed by atoms with Gasteiger partial charge in [0.05, 0.1) is 0 Å². The number of benzene rings is 2. The Morgan fingerprint density at radius 3 is 2.42 bits per heavy atom. The lowest BCUT2D eigenvalue weighted by atomic mass is 10.1. The first kappa shape index (κ1) is 14.3. The summed E-state index contributed by atoms with van der Waals surface area (Å²) in [6.07, 6.45) is 0.951. The van der Waals surface area contributed by atoms with Gasteiger partial charge < -0.3 is 5.32 Å². The van der Waals surface area contributed by atoms with Crippen LogP contribution < -0.4 is 5.32 Å². The van der Waals surface area contributed by atoms with E-state index in [1.807, 2.05) is 30.3 Å². The van der Waals surface area contributed by atoms with E-state index in [0.717, 1.165) is 21.1 Å². The van der Waals surface area contributed by atoms with Crippen molar-refractivity contribution in [2.75, 3.05) is 5.32 Å². The molecule has 19 heavy (non-hydrogen) atoms. The molecule has 2 rings (SSSR count). The Balaban J connectivity index is 2.20. The van der Waals surface area contributed by atoms with Crippen molar-refractivity contribution in [2.45, 2.75) is 13.3 Å². The van der Waals surface area contributed by atoms with Crippen LogP contribution in [0.3, 0.4) is 0 Å². The number of carbonyl (C=O) groups is 1. The van der Waals surface area contributed by atoms with Crippen molar-refractivity contribution in [1.29, 1.82) is 0 Å². The molecule has 0 aliphatic carbocycles. The predicted molar refractivity (Wildman–Crippen MR) is 85.6 cm³/mol. The molecule has 0 fully saturated rings. The van der Waals surface area contributed by atoms with Crippen LogP contribution in [0.4, 0.5) is 5.69 Å². The highest BCUT2D eigenvalue weighted by molar-refractivity contribution is 9.11. The molecular formula is C15H13Br2NO. The summed E-state index contributed by atoms with van der Waals surface area (Å²) in [7, 11) is 0. The Labute approximate surface area is 129 Å². The zero-order valence-electron chi connectivity index (χ0n) is 10.4. The fourth-order valence-electron chi connectivity index (χ4n) is 1.76. The number of hydrogen-bond acceptors (Lipinski definition) is 1. The molecule has 1 amide bonds. The maximum Gasteiger partial charge on any atom is 0.255 e. The van der Waals surface area contributed by atoms with Crippen molar-refractivity contribution in [1.82, 2.24) is 0 Å². The maximum absolute atomic E-state index is 12.2. The molecule has 4 heteroatoms. The average Bonchev–Trinajstić information content (AvgIpc) is 2.37. The van der Waals surface area contributed by atoms with Crippen LogP contribution in [0.15, 0.2) is 51.4 Å². The highest BCUT2D eigenvalue weighted by Crippen LogP contribution is 2.21. The summed E-state index contributed by atoms with van der Waals surface area (Å²) in [5, 5.41) is 2.91. The van der Waals surface area contributed by atoms with Gasteiger partial charge in [-0.3, -0.25) is 4.79 Å². The molecular weight excluding hydrogens is 370 g/mol. The Morgan fingerprint density at radius 2 is 1.79 bits per heavy atom. The number of carbonyl (C=O) groups excluding carboxylic acids is 1. The fourth-order valence-corrected chi connectivity index (χ4v) is 3.05. The number of halogens is 2. The van der Waals surface area contributed by atoms with E-state index in [-0.39, 0.29) is 5.91 Å². The lowest BCUT2D eigenvalue weighted by Gasteiger charge is -2.07. The van der Waals surface area contributed by atoms with Gasteiger partial charge >= 0.3 is 0 Å². The van der Waals surface area contributed by atoms with Crippen molar-refractivity contribution in [3.05, 3.63) is 62.5 Å². The van der Waals surface area contributed by atoms with Gasteiger partial charge in [-0.2, -0.15) is 0 Å². The van der Waals surface area contributed by atoms with Gasteiger partial charge in [0.25, 0.3) is 5.91 Å². The fraction of sp³-hybridized carbons (Fsp3) is 0.133. The Bertz CT molecular complexity index is 591. The number of amides is 1. The highest BCUT2D eigenvalue weighted by atomic mass is 79.9. The van der Waals surface area contributed by atoms with E-state index in [1.54, 1.807) is 12.1 Å². The summed E-state index contributed by atoms with van der Waals surface area (Å²) in [6.45, 7) is 2.09. The molecule has 0 heterocycles. The van der Waals surface area contributed by atoms with E-state index in [0.29, 0.717) is 5.56 Å². The van der Waals surface area contributed by atoms with Crippen LogP contribution in [0.1, 0.15) is 22.8 Å². The van der Waals surface area contributed by atoms with E-state index in [9.17, 15) is 4.79 Å². The third kappa shape index (κ3) is 3.91. The minimum Gasteiger partial charge on any atom is -0.322 e. The average molecular weight is 383 g/mol.